The minimum absolute atomic E-state index is 0.260. The summed E-state index contributed by atoms with van der Waals surface area (Å²) >= 11 is 0. The van der Waals surface area contributed by atoms with Crippen LogP contribution in [0, 0.1) is 0 Å². The van der Waals surface area contributed by atoms with E-state index in [-0.39, 0.29) is 5.91 Å². The molecule has 0 atom stereocenters. The van der Waals surface area contributed by atoms with E-state index in [0.29, 0.717) is 19.0 Å². The van der Waals surface area contributed by atoms with Crippen LogP contribution in [-0.4, -0.2) is 23.4 Å². The van der Waals surface area contributed by atoms with Gasteiger partial charge in [-0.25, -0.2) is 0 Å². The highest BCUT2D eigenvalue weighted by Gasteiger charge is 2.21. The molecule has 1 aromatic heterocycles. The fraction of sp³-hybridized carbons (Fsp3) is 0.643. The molecule has 0 spiro atoms. The molecule has 1 amide bonds. The number of hydrogen-bond donors (Lipinski definition) is 1. The van der Waals surface area contributed by atoms with E-state index in [0.717, 1.165) is 37.5 Å². The van der Waals surface area contributed by atoms with Gasteiger partial charge in [0, 0.05) is 19.0 Å². The fourth-order valence-corrected chi connectivity index (χ4v) is 2.35. The first kappa shape index (κ1) is 11.8. The van der Waals surface area contributed by atoms with Crippen LogP contribution in [0.5, 0.6) is 0 Å². The Morgan fingerprint density at radius 1 is 1.28 bits per heavy atom. The smallest absolute Gasteiger partial charge is 0.222 e. The molecule has 98 valence electrons. The van der Waals surface area contributed by atoms with Crippen LogP contribution in [0.25, 0.3) is 0 Å². The minimum Gasteiger partial charge on any atom is -0.463 e. The van der Waals surface area contributed by atoms with Crippen molar-refractivity contribution in [2.75, 3.05) is 6.54 Å². The lowest BCUT2D eigenvalue weighted by Crippen LogP contribution is -2.34. The molecule has 0 radical (unpaired) electrons. The molecule has 2 fully saturated rings. The van der Waals surface area contributed by atoms with Crippen molar-refractivity contribution >= 4 is 5.91 Å². The quantitative estimate of drug-likeness (QED) is 0.867. The van der Waals surface area contributed by atoms with Crippen LogP contribution >= 0.6 is 0 Å². The van der Waals surface area contributed by atoms with Crippen molar-refractivity contribution in [3.8, 4) is 0 Å². The summed E-state index contributed by atoms with van der Waals surface area (Å²) in [5.74, 6) is 2.13. The van der Waals surface area contributed by atoms with Crippen molar-refractivity contribution in [1.82, 2.24) is 10.2 Å². The Bertz CT molecular complexity index is 423. The maximum Gasteiger partial charge on any atom is 0.222 e. The third-order valence-electron chi connectivity index (χ3n) is 3.63. The van der Waals surface area contributed by atoms with Gasteiger partial charge in [-0.2, -0.15) is 0 Å². The number of likely N-dealkylation sites (tertiary alicyclic amines) is 1. The maximum absolute atomic E-state index is 11.7. The molecular formula is C14H20N2O2. The van der Waals surface area contributed by atoms with Crippen molar-refractivity contribution in [3.05, 3.63) is 23.7 Å². The Hall–Kier alpha value is -1.29. The van der Waals surface area contributed by atoms with Gasteiger partial charge in [0.05, 0.1) is 13.1 Å². The van der Waals surface area contributed by atoms with Crippen LogP contribution < -0.4 is 5.32 Å². The van der Waals surface area contributed by atoms with E-state index in [1.54, 1.807) is 0 Å². The molecule has 1 saturated carbocycles. The molecule has 1 aliphatic carbocycles. The maximum atomic E-state index is 11.7. The van der Waals surface area contributed by atoms with Crippen LogP contribution in [0.3, 0.4) is 0 Å². The van der Waals surface area contributed by atoms with E-state index in [4.69, 9.17) is 4.42 Å². The van der Waals surface area contributed by atoms with Crippen molar-refractivity contribution in [3.63, 3.8) is 0 Å². The normalized spacial score (nSPS) is 20.4. The zero-order valence-electron chi connectivity index (χ0n) is 10.7. The number of piperidine rings is 1. The lowest BCUT2D eigenvalue weighted by atomic mass is 10.1. The highest BCUT2D eigenvalue weighted by atomic mass is 16.3. The predicted molar refractivity (Wildman–Crippen MR) is 67.8 cm³/mol. The first-order valence-corrected chi connectivity index (χ1v) is 6.90. The molecule has 1 saturated heterocycles. The molecule has 0 bridgehead atoms. The topological polar surface area (TPSA) is 45.5 Å². The van der Waals surface area contributed by atoms with Gasteiger partial charge in [-0.1, -0.05) is 0 Å². The second kappa shape index (κ2) is 5.14. The van der Waals surface area contributed by atoms with Gasteiger partial charge in [0.25, 0.3) is 0 Å². The molecule has 0 aromatic carbocycles. The van der Waals surface area contributed by atoms with Crippen molar-refractivity contribution < 1.29 is 9.21 Å². The Labute approximate surface area is 107 Å². The summed E-state index contributed by atoms with van der Waals surface area (Å²) < 4.78 is 5.76. The van der Waals surface area contributed by atoms with E-state index in [2.05, 4.69) is 5.32 Å². The molecule has 4 nitrogen and oxygen atoms in total. The van der Waals surface area contributed by atoms with Gasteiger partial charge in [-0.15, -0.1) is 0 Å². The SMILES string of the molecule is O=C1CCCCN1Cc1ccc(CNC2CC2)o1. The van der Waals surface area contributed by atoms with Crippen LogP contribution in [0.4, 0.5) is 0 Å². The Morgan fingerprint density at radius 3 is 2.89 bits per heavy atom. The largest absolute Gasteiger partial charge is 0.463 e. The third-order valence-corrected chi connectivity index (χ3v) is 3.63. The van der Waals surface area contributed by atoms with Gasteiger partial charge in [0.1, 0.15) is 11.5 Å². The Kier molecular flexibility index (Phi) is 3.37. The van der Waals surface area contributed by atoms with Crippen molar-refractivity contribution in [1.29, 1.82) is 0 Å². The van der Waals surface area contributed by atoms with E-state index < -0.39 is 0 Å². The Morgan fingerprint density at radius 2 is 2.11 bits per heavy atom. The lowest BCUT2D eigenvalue weighted by molar-refractivity contribution is -0.134. The summed E-state index contributed by atoms with van der Waals surface area (Å²) in [6.07, 6.45) is 5.41. The van der Waals surface area contributed by atoms with Gasteiger partial charge in [0.15, 0.2) is 0 Å². The fourth-order valence-electron chi connectivity index (χ4n) is 2.35. The average molecular weight is 248 g/mol. The van der Waals surface area contributed by atoms with Gasteiger partial charge in [-0.05, 0) is 37.8 Å². The first-order valence-electron chi connectivity index (χ1n) is 6.90. The number of nitrogens with zero attached hydrogens (tertiary/aromatic N) is 1. The number of furan rings is 1. The van der Waals surface area contributed by atoms with Gasteiger partial charge in [0.2, 0.25) is 5.91 Å². The highest BCUT2D eigenvalue weighted by molar-refractivity contribution is 5.76. The molecule has 4 heteroatoms. The minimum atomic E-state index is 0.260. The average Bonchev–Trinajstić information content (AvgIpc) is 3.10. The number of amides is 1. The van der Waals surface area contributed by atoms with Crippen molar-refractivity contribution in [2.24, 2.45) is 0 Å². The number of carbonyl (C=O) groups is 1. The molecule has 1 aliphatic heterocycles. The molecule has 18 heavy (non-hydrogen) atoms. The highest BCUT2D eigenvalue weighted by Crippen LogP contribution is 2.20. The molecule has 1 aromatic rings. The standard InChI is InChI=1S/C14H20N2O2/c17-14-3-1-2-8-16(14)10-13-7-6-12(18-13)9-15-11-4-5-11/h6-7,11,15H,1-5,8-10H2. The zero-order chi connectivity index (χ0) is 12.4. The first-order chi connectivity index (χ1) is 8.81. The lowest BCUT2D eigenvalue weighted by Gasteiger charge is -2.25. The molecule has 2 aliphatic rings. The van der Waals surface area contributed by atoms with Crippen LogP contribution in [0.15, 0.2) is 16.5 Å². The summed E-state index contributed by atoms with van der Waals surface area (Å²) in [4.78, 5) is 13.6. The summed E-state index contributed by atoms with van der Waals surface area (Å²) in [5, 5.41) is 3.42. The number of nitrogens with one attached hydrogen (secondary N) is 1. The van der Waals surface area contributed by atoms with Crippen molar-refractivity contribution in [2.45, 2.75) is 51.2 Å². The summed E-state index contributed by atoms with van der Waals surface area (Å²) in [6.45, 7) is 2.30. The van der Waals surface area contributed by atoms with Crippen LogP contribution in [0.2, 0.25) is 0 Å². The Balaban J connectivity index is 1.53. The predicted octanol–water partition coefficient (Wildman–Crippen LogP) is 2.04. The van der Waals surface area contributed by atoms with E-state index in [1.807, 2.05) is 17.0 Å². The van der Waals surface area contributed by atoms with Gasteiger partial charge >= 0.3 is 0 Å². The number of hydrogen-bond acceptors (Lipinski definition) is 3. The van der Waals surface area contributed by atoms with E-state index >= 15 is 0 Å². The third kappa shape index (κ3) is 2.93. The number of rotatable bonds is 5. The molecular weight excluding hydrogens is 228 g/mol. The zero-order valence-corrected chi connectivity index (χ0v) is 10.7. The monoisotopic (exact) mass is 248 g/mol. The summed E-state index contributed by atoms with van der Waals surface area (Å²) in [6, 6.07) is 4.70. The number of carbonyl (C=O) groups excluding carboxylic acids is 1. The molecule has 1 N–H and O–H groups in total. The van der Waals surface area contributed by atoms with E-state index in [9.17, 15) is 4.79 Å². The summed E-state index contributed by atoms with van der Waals surface area (Å²) in [7, 11) is 0. The molecule has 2 heterocycles. The van der Waals surface area contributed by atoms with Gasteiger partial charge < -0.3 is 14.6 Å². The molecule has 0 unspecified atom stereocenters. The van der Waals surface area contributed by atoms with Gasteiger partial charge in [-0.3, -0.25) is 4.79 Å². The van der Waals surface area contributed by atoms with Crippen LogP contribution in [0.1, 0.15) is 43.6 Å². The second-order valence-corrected chi connectivity index (χ2v) is 5.30. The van der Waals surface area contributed by atoms with E-state index in [1.165, 1.54) is 12.8 Å². The second-order valence-electron chi connectivity index (χ2n) is 5.30. The molecule has 3 rings (SSSR count). The summed E-state index contributed by atoms with van der Waals surface area (Å²) in [5.41, 5.74) is 0. The van der Waals surface area contributed by atoms with Crippen LogP contribution in [-0.2, 0) is 17.9 Å².